The number of aryl methyl sites for hydroxylation is 1. The van der Waals surface area contributed by atoms with Gasteiger partial charge < -0.3 is 14.6 Å². The Hall–Kier alpha value is -4.97. The van der Waals surface area contributed by atoms with Crippen LogP contribution in [0.25, 0.3) is 44.0 Å². The fourth-order valence-corrected chi connectivity index (χ4v) is 4.98. The predicted octanol–water partition coefficient (Wildman–Crippen LogP) is 6.83. The minimum absolute atomic E-state index is 0.371. The Morgan fingerprint density at radius 2 is 1.50 bits per heavy atom. The van der Waals surface area contributed by atoms with Crippen LogP contribution in [0.2, 0.25) is 0 Å². The number of ether oxygens (including phenoxy) is 1. The van der Waals surface area contributed by atoms with Crippen molar-refractivity contribution in [1.82, 2.24) is 9.55 Å². The molecular weight excluding hydrogens is 474 g/mol. The van der Waals surface area contributed by atoms with E-state index in [4.69, 9.17) is 9.72 Å². The molecular formula is C32H25N3O3. The number of nitrogens with one attached hydrogen (secondary N) is 1. The molecule has 2 heterocycles. The van der Waals surface area contributed by atoms with Gasteiger partial charge in [-0.2, -0.15) is 0 Å². The van der Waals surface area contributed by atoms with E-state index in [2.05, 4.69) is 28.9 Å². The number of rotatable bonds is 6. The fourth-order valence-electron chi connectivity index (χ4n) is 4.98. The quantitative estimate of drug-likeness (QED) is 0.255. The molecule has 4 aromatic carbocycles. The molecule has 1 N–H and O–H groups in total. The molecule has 0 aliphatic heterocycles. The van der Waals surface area contributed by atoms with Crippen LogP contribution in [0.3, 0.4) is 0 Å². The lowest BCUT2D eigenvalue weighted by Gasteiger charge is -2.11. The van der Waals surface area contributed by atoms with Crippen molar-refractivity contribution >= 4 is 50.3 Å². The van der Waals surface area contributed by atoms with Crippen molar-refractivity contribution in [3.8, 4) is 11.3 Å². The number of hydrogen-bond acceptors (Lipinski definition) is 4. The van der Waals surface area contributed by atoms with E-state index in [1.54, 1.807) is 6.07 Å². The van der Waals surface area contributed by atoms with Gasteiger partial charge >= 0.3 is 5.97 Å². The van der Waals surface area contributed by atoms with E-state index in [1.807, 2.05) is 84.9 Å². The Labute approximate surface area is 219 Å². The van der Waals surface area contributed by atoms with Gasteiger partial charge in [-0.1, -0.05) is 66.7 Å². The molecule has 1 amide bonds. The number of benzene rings is 4. The van der Waals surface area contributed by atoms with Gasteiger partial charge in [-0.05, 0) is 43.3 Å². The summed E-state index contributed by atoms with van der Waals surface area (Å²) in [7, 11) is 0. The standard InChI is InChI=1S/C32H25N3O3/c1-2-35-29-15-9-7-13-24(29)25-18-22(16-17-30(25)35)33-31(36)20-38-32(37)26-19-28(21-10-4-3-5-11-21)34-27-14-8-6-12-23(26)27/h3-19H,2,20H2,1H3,(H,33,36). The molecule has 0 unspecified atom stereocenters. The maximum absolute atomic E-state index is 13.1. The maximum Gasteiger partial charge on any atom is 0.339 e. The highest BCUT2D eigenvalue weighted by Gasteiger charge is 2.17. The van der Waals surface area contributed by atoms with Crippen molar-refractivity contribution in [1.29, 1.82) is 0 Å². The number of pyridine rings is 1. The van der Waals surface area contributed by atoms with Gasteiger partial charge in [0.2, 0.25) is 0 Å². The Balaban J connectivity index is 1.22. The smallest absolute Gasteiger partial charge is 0.339 e. The van der Waals surface area contributed by atoms with Crippen molar-refractivity contribution in [3.63, 3.8) is 0 Å². The summed E-state index contributed by atoms with van der Waals surface area (Å²) in [6, 6.07) is 32.8. The van der Waals surface area contributed by atoms with Gasteiger partial charge in [0.25, 0.3) is 5.91 Å². The van der Waals surface area contributed by atoms with Crippen LogP contribution in [0, 0.1) is 0 Å². The highest BCUT2D eigenvalue weighted by Crippen LogP contribution is 2.31. The van der Waals surface area contributed by atoms with Crippen LogP contribution in [-0.4, -0.2) is 28.0 Å². The van der Waals surface area contributed by atoms with Gasteiger partial charge in [0.1, 0.15) is 0 Å². The lowest BCUT2D eigenvalue weighted by atomic mass is 10.0. The first-order chi connectivity index (χ1) is 18.6. The number of aromatic nitrogens is 2. The number of para-hydroxylation sites is 2. The van der Waals surface area contributed by atoms with Gasteiger partial charge in [0, 0.05) is 45.0 Å². The Kier molecular flexibility index (Phi) is 6.06. The zero-order valence-electron chi connectivity index (χ0n) is 20.8. The first kappa shape index (κ1) is 23.4. The van der Waals surface area contributed by atoms with E-state index in [-0.39, 0.29) is 0 Å². The Bertz CT molecular complexity index is 1820. The minimum Gasteiger partial charge on any atom is -0.452 e. The molecule has 186 valence electrons. The SMILES string of the molecule is CCn1c2ccccc2c2cc(NC(=O)COC(=O)c3cc(-c4ccccc4)nc4ccccc34)ccc21. The molecule has 0 fully saturated rings. The molecule has 0 aliphatic carbocycles. The summed E-state index contributed by atoms with van der Waals surface area (Å²) in [5.41, 5.74) is 5.53. The first-order valence-electron chi connectivity index (χ1n) is 12.6. The van der Waals surface area contributed by atoms with Crippen molar-refractivity contribution in [3.05, 3.63) is 109 Å². The maximum atomic E-state index is 13.1. The summed E-state index contributed by atoms with van der Waals surface area (Å²) < 4.78 is 7.71. The lowest BCUT2D eigenvalue weighted by molar-refractivity contribution is -0.119. The van der Waals surface area contributed by atoms with E-state index in [1.165, 1.54) is 0 Å². The van der Waals surface area contributed by atoms with Crippen molar-refractivity contribution < 1.29 is 14.3 Å². The summed E-state index contributed by atoms with van der Waals surface area (Å²) in [5, 5.41) is 5.74. The molecule has 0 radical (unpaired) electrons. The predicted molar refractivity (Wildman–Crippen MR) is 151 cm³/mol. The summed E-state index contributed by atoms with van der Waals surface area (Å²) in [5.74, 6) is -0.976. The molecule has 0 saturated carbocycles. The van der Waals surface area contributed by atoms with Gasteiger partial charge in [-0.25, -0.2) is 9.78 Å². The second-order valence-corrected chi connectivity index (χ2v) is 9.06. The molecule has 0 bridgehead atoms. The fraction of sp³-hybridized carbons (Fsp3) is 0.0938. The van der Waals surface area contributed by atoms with Crippen molar-refractivity contribution in [2.24, 2.45) is 0 Å². The molecule has 0 aliphatic rings. The van der Waals surface area contributed by atoms with Crippen LogP contribution < -0.4 is 5.32 Å². The van der Waals surface area contributed by atoms with Crippen molar-refractivity contribution in [2.45, 2.75) is 13.5 Å². The average Bonchev–Trinajstić information content (AvgIpc) is 3.28. The molecule has 6 aromatic rings. The van der Waals surface area contributed by atoms with E-state index in [0.29, 0.717) is 27.8 Å². The van der Waals surface area contributed by atoms with Crippen molar-refractivity contribution in [2.75, 3.05) is 11.9 Å². The van der Waals surface area contributed by atoms with Crippen LogP contribution in [-0.2, 0) is 16.1 Å². The molecule has 6 rings (SSSR count). The van der Waals surface area contributed by atoms with Crippen LogP contribution in [0.1, 0.15) is 17.3 Å². The number of carbonyl (C=O) groups is 2. The van der Waals surface area contributed by atoms with Gasteiger partial charge in [0.05, 0.1) is 16.8 Å². The topological polar surface area (TPSA) is 73.2 Å². The summed E-state index contributed by atoms with van der Waals surface area (Å²) in [6.45, 7) is 2.57. The zero-order chi connectivity index (χ0) is 26.1. The highest BCUT2D eigenvalue weighted by atomic mass is 16.5. The zero-order valence-corrected chi connectivity index (χ0v) is 20.8. The van der Waals surface area contributed by atoms with Gasteiger partial charge in [-0.3, -0.25) is 4.79 Å². The minimum atomic E-state index is -0.572. The number of amides is 1. The highest BCUT2D eigenvalue weighted by molar-refractivity contribution is 6.10. The third-order valence-corrected chi connectivity index (χ3v) is 6.71. The molecule has 38 heavy (non-hydrogen) atoms. The van der Waals surface area contributed by atoms with Gasteiger partial charge in [-0.15, -0.1) is 0 Å². The number of esters is 1. The van der Waals surface area contributed by atoms with E-state index in [0.717, 1.165) is 33.9 Å². The number of hydrogen-bond donors (Lipinski definition) is 1. The molecule has 0 saturated heterocycles. The third kappa shape index (κ3) is 4.26. The normalized spacial score (nSPS) is 11.2. The second-order valence-electron chi connectivity index (χ2n) is 9.06. The van der Waals surface area contributed by atoms with Crippen LogP contribution in [0.5, 0.6) is 0 Å². The van der Waals surface area contributed by atoms with Gasteiger partial charge in [0.15, 0.2) is 6.61 Å². The lowest BCUT2D eigenvalue weighted by Crippen LogP contribution is -2.21. The van der Waals surface area contributed by atoms with E-state index < -0.39 is 18.5 Å². The second kappa shape index (κ2) is 9.82. The Morgan fingerprint density at radius 1 is 0.789 bits per heavy atom. The number of nitrogens with zero attached hydrogens (tertiary/aromatic N) is 2. The molecule has 0 spiro atoms. The summed E-state index contributed by atoms with van der Waals surface area (Å²) in [4.78, 5) is 30.6. The molecule has 6 heteroatoms. The molecule has 6 nitrogen and oxygen atoms in total. The number of anilines is 1. The van der Waals surface area contributed by atoms with Crippen LogP contribution in [0.4, 0.5) is 5.69 Å². The monoisotopic (exact) mass is 499 g/mol. The van der Waals surface area contributed by atoms with Crippen LogP contribution >= 0.6 is 0 Å². The molecule has 2 aromatic heterocycles. The largest absolute Gasteiger partial charge is 0.452 e. The number of fused-ring (bicyclic) bond motifs is 4. The molecule has 0 atom stereocenters. The van der Waals surface area contributed by atoms with E-state index in [9.17, 15) is 9.59 Å². The van der Waals surface area contributed by atoms with Crippen LogP contribution in [0.15, 0.2) is 103 Å². The average molecular weight is 500 g/mol. The third-order valence-electron chi connectivity index (χ3n) is 6.71. The number of carbonyl (C=O) groups excluding carboxylic acids is 2. The summed E-state index contributed by atoms with van der Waals surface area (Å²) in [6.07, 6.45) is 0. The summed E-state index contributed by atoms with van der Waals surface area (Å²) >= 11 is 0. The first-order valence-corrected chi connectivity index (χ1v) is 12.6. The Morgan fingerprint density at radius 3 is 2.32 bits per heavy atom. The van der Waals surface area contributed by atoms with E-state index >= 15 is 0 Å².